The fourth-order valence-corrected chi connectivity index (χ4v) is 3.88. The first kappa shape index (κ1) is 26.7. The van der Waals surface area contributed by atoms with E-state index < -0.39 is 48.5 Å². The SMILES string of the molecule is Cc1cc(-c2cccc(-n3cnn(CC(CN)=C(F)F)c3=O)n2)cc2c1N(OC(=O)C(F)(F)F)C(=O)CC2. The van der Waals surface area contributed by atoms with Crippen LogP contribution in [0.15, 0.2) is 53.1 Å². The lowest BCUT2D eigenvalue weighted by atomic mass is 9.95. The van der Waals surface area contributed by atoms with Crippen LogP contribution in [0.2, 0.25) is 0 Å². The third kappa shape index (κ3) is 5.18. The number of amides is 1. The summed E-state index contributed by atoms with van der Waals surface area (Å²) in [6, 6.07) is 7.82. The van der Waals surface area contributed by atoms with Gasteiger partial charge < -0.3 is 10.6 Å². The van der Waals surface area contributed by atoms with E-state index in [1.807, 2.05) is 0 Å². The Labute approximate surface area is 210 Å². The molecule has 1 aliphatic heterocycles. The number of carbonyl (C=O) groups is 2. The second kappa shape index (κ2) is 10.2. The smallest absolute Gasteiger partial charge is 0.327 e. The number of fused-ring (bicyclic) bond motifs is 1. The molecule has 0 saturated carbocycles. The summed E-state index contributed by atoms with van der Waals surface area (Å²) in [5.74, 6) is -3.20. The van der Waals surface area contributed by atoms with Crippen LogP contribution in [0.3, 0.4) is 0 Å². The molecule has 0 saturated heterocycles. The molecule has 0 atom stereocenters. The highest BCUT2D eigenvalue weighted by molar-refractivity contribution is 5.98. The number of hydrogen-bond acceptors (Lipinski definition) is 7. The van der Waals surface area contributed by atoms with Crippen LogP contribution < -0.4 is 16.5 Å². The van der Waals surface area contributed by atoms with Crippen LogP contribution in [-0.4, -0.2) is 43.9 Å². The monoisotopic (exact) mass is 538 g/mol. The van der Waals surface area contributed by atoms with Gasteiger partial charge in [-0.05, 0) is 48.7 Å². The molecule has 1 amide bonds. The number of nitrogens with two attached hydrogens (primary N) is 1. The number of benzene rings is 1. The standard InChI is InChI=1S/C23H19F5N6O4/c1-12-7-14(8-13-5-6-18(35)34(19(12)13)38-21(36)23(26,27)28)16-3-2-4-17(31-16)32-11-30-33(22(32)37)10-15(9-29)20(24)25/h2-4,7-8,11H,5-6,9-10,29H2,1H3. The maximum absolute atomic E-state index is 12.9. The van der Waals surface area contributed by atoms with E-state index in [9.17, 15) is 36.3 Å². The van der Waals surface area contributed by atoms with Crippen molar-refractivity contribution >= 4 is 17.6 Å². The number of hydroxylamine groups is 1. The van der Waals surface area contributed by atoms with Gasteiger partial charge in [0.1, 0.15) is 12.1 Å². The minimum Gasteiger partial charge on any atom is -0.327 e. The van der Waals surface area contributed by atoms with Crippen molar-refractivity contribution in [2.24, 2.45) is 5.73 Å². The number of hydrogen-bond donors (Lipinski definition) is 1. The van der Waals surface area contributed by atoms with Gasteiger partial charge in [-0.2, -0.15) is 27.1 Å². The number of carbonyl (C=O) groups excluding carboxylic acids is 2. The average molecular weight is 538 g/mol. The van der Waals surface area contributed by atoms with Gasteiger partial charge in [-0.3, -0.25) is 4.79 Å². The van der Waals surface area contributed by atoms with Crippen molar-refractivity contribution < 1.29 is 36.4 Å². The molecule has 0 unspecified atom stereocenters. The topological polar surface area (TPSA) is 125 Å². The van der Waals surface area contributed by atoms with Gasteiger partial charge in [0.25, 0.3) is 12.0 Å². The van der Waals surface area contributed by atoms with E-state index in [0.717, 1.165) is 15.6 Å². The summed E-state index contributed by atoms with van der Waals surface area (Å²) in [5, 5.41) is 4.19. The van der Waals surface area contributed by atoms with Crippen molar-refractivity contribution in [2.45, 2.75) is 32.5 Å². The molecule has 10 nitrogen and oxygen atoms in total. The maximum atomic E-state index is 12.9. The molecule has 0 fully saturated rings. The first-order chi connectivity index (χ1) is 17.9. The van der Waals surface area contributed by atoms with Crippen molar-refractivity contribution in [3.8, 4) is 17.1 Å². The van der Waals surface area contributed by atoms with Crippen LogP contribution in [-0.2, 0) is 27.4 Å². The summed E-state index contributed by atoms with van der Waals surface area (Å²) in [6.07, 6.45) is -6.18. The molecular formula is C23H19F5N6O4. The molecule has 0 spiro atoms. The summed E-state index contributed by atoms with van der Waals surface area (Å²) in [5.41, 5.74) is 5.80. The van der Waals surface area contributed by atoms with Gasteiger partial charge in [0.15, 0.2) is 0 Å². The first-order valence-corrected chi connectivity index (χ1v) is 11.0. The van der Waals surface area contributed by atoms with Crippen molar-refractivity contribution in [1.82, 2.24) is 19.3 Å². The van der Waals surface area contributed by atoms with E-state index in [1.54, 1.807) is 18.2 Å². The molecule has 1 aromatic carbocycles. The number of aryl methyl sites for hydroxylation is 2. The second-order valence-electron chi connectivity index (χ2n) is 8.26. The van der Waals surface area contributed by atoms with E-state index in [0.29, 0.717) is 27.4 Å². The predicted octanol–water partition coefficient (Wildman–Crippen LogP) is 2.81. The van der Waals surface area contributed by atoms with Crippen LogP contribution in [0.1, 0.15) is 17.5 Å². The summed E-state index contributed by atoms with van der Waals surface area (Å²) in [4.78, 5) is 45.1. The minimum absolute atomic E-state index is 0.0279. The van der Waals surface area contributed by atoms with Crippen molar-refractivity contribution in [3.63, 3.8) is 0 Å². The second-order valence-corrected chi connectivity index (χ2v) is 8.26. The van der Waals surface area contributed by atoms with Gasteiger partial charge in [0, 0.05) is 24.1 Å². The van der Waals surface area contributed by atoms with E-state index in [4.69, 9.17) is 5.73 Å². The molecule has 38 heavy (non-hydrogen) atoms. The molecule has 2 aromatic heterocycles. The highest BCUT2D eigenvalue weighted by atomic mass is 19.4. The quantitative estimate of drug-likeness (QED) is 0.479. The lowest BCUT2D eigenvalue weighted by Gasteiger charge is -2.29. The maximum Gasteiger partial charge on any atom is 0.493 e. The van der Waals surface area contributed by atoms with Crippen LogP contribution in [0.4, 0.5) is 27.6 Å². The van der Waals surface area contributed by atoms with Crippen LogP contribution in [0.25, 0.3) is 17.1 Å². The number of anilines is 1. The Balaban J connectivity index is 1.68. The number of halogens is 5. The normalized spacial score (nSPS) is 13.3. The molecule has 15 heteroatoms. The largest absolute Gasteiger partial charge is 0.493 e. The molecule has 0 bridgehead atoms. The molecule has 0 aliphatic carbocycles. The fourth-order valence-electron chi connectivity index (χ4n) is 3.88. The van der Waals surface area contributed by atoms with Gasteiger partial charge >= 0.3 is 17.8 Å². The lowest BCUT2D eigenvalue weighted by Crippen LogP contribution is -2.41. The first-order valence-electron chi connectivity index (χ1n) is 11.0. The number of alkyl halides is 3. The molecule has 3 aromatic rings. The summed E-state index contributed by atoms with van der Waals surface area (Å²) >= 11 is 0. The van der Waals surface area contributed by atoms with E-state index >= 15 is 0 Å². The van der Waals surface area contributed by atoms with E-state index in [2.05, 4.69) is 14.9 Å². The highest BCUT2D eigenvalue weighted by Crippen LogP contribution is 2.36. The van der Waals surface area contributed by atoms with Gasteiger partial charge in [-0.1, -0.05) is 6.07 Å². The van der Waals surface area contributed by atoms with Crippen LogP contribution in [0, 0.1) is 6.92 Å². The number of nitrogens with zero attached hydrogens (tertiary/aromatic N) is 5. The number of pyridine rings is 1. The Bertz CT molecular complexity index is 1510. The average Bonchev–Trinajstić information content (AvgIpc) is 3.23. The Hall–Kier alpha value is -4.40. The van der Waals surface area contributed by atoms with Crippen LogP contribution in [0.5, 0.6) is 0 Å². The molecule has 4 rings (SSSR count). The molecule has 3 heterocycles. The molecular weight excluding hydrogens is 519 g/mol. The predicted molar refractivity (Wildman–Crippen MR) is 122 cm³/mol. The third-order valence-corrected chi connectivity index (χ3v) is 5.69. The molecule has 1 aliphatic rings. The van der Waals surface area contributed by atoms with Gasteiger partial charge in [0.05, 0.1) is 17.9 Å². The Kier molecular flexibility index (Phi) is 7.13. The van der Waals surface area contributed by atoms with E-state index in [-0.39, 0.29) is 24.3 Å². The van der Waals surface area contributed by atoms with Gasteiger partial charge in [-0.15, -0.1) is 5.06 Å². The Morgan fingerprint density at radius 2 is 1.89 bits per heavy atom. The number of rotatable bonds is 6. The van der Waals surface area contributed by atoms with E-state index in [1.165, 1.54) is 19.1 Å². The van der Waals surface area contributed by atoms with Crippen molar-refractivity contribution in [3.05, 3.63) is 69.9 Å². The summed E-state index contributed by atoms with van der Waals surface area (Å²) in [6.45, 7) is 0.578. The molecule has 0 radical (unpaired) electrons. The molecule has 200 valence electrons. The zero-order valence-corrected chi connectivity index (χ0v) is 19.6. The Morgan fingerprint density at radius 3 is 2.55 bits per heavy atom. The van der Waals surface area contributed by atoms with Crippen LogP contribution >= 0.6 is 0 Å². The zero-order chi connectivity index (χ0) is 27.8. The van der Waals surface area contributed by atoms with Crippen molar-refractivity contribution in [1.29, 1.82) is 0 Å². The fraction of sp³-hybridized carbons (Fsp3) is 0.261. The lowest BCUT2D eigenvalue weighted by molar-refractivity contribution is -0.201. The molecule has 2 N–H and O–H groups in total. The van der Waals surface area contributed by atoms with Crippen molar-refractivity contribution in [2.75, 3.05) is 11.6 Å². The third-order valence-electron chi connectivity index (χ3n) is 5.69. The van der Waals surface area contributed by atoms with Gasteiger partial charge in [0.2, 0.25) is 0 Å². The van der Waals surface area contributed by atoms with Gasteiger partial charge in [-0.25, -0.2) is 23.8 Å². The zero-order valence-electron chi connectivity index (χ0n) is 19.6. The summed E-state index contributed by atoms with van der Waals surface area (Å²) < 4.78 is 65.9. The highest BCUT2D eigenvalue weighted by Gasteiger charge is 2.44. The Morgan fingerprint density at radius 1 is 1.16 bits per heavy atom. The minimum atomic E-state index is -5.29. The summed E-state index contributed by atoms with van der Waals surface area (Å²) in [7, 11) is 0. The number of aromatic nitrogens is 4.